The summed E-state index contributed by atoms with van der Waals surface area (Å²) in [6.45, 7) is 5.50. The summed E-state index contributed by atoms with van der Waals surface area (Å²) < 4.78 is 7.08. The first-order valence-corrected chi connectivity index (χ1v) is 12.6. The predicted molar refractivity (Wildman–Crippen MR) is 139 cm³/mol. The Balaban J connectivity index is 1.46. The third kappa shape index (κ3) is 4.86. The number of ether oxygens (including phenoxy) is 1. The van der Waals surface area contributed by atoms with Gasteiger partial charge >= 0.3 is 6.09 Å². The van der Waals surface area contributed by atoms with E-state index in [0.29, 0.717) is 13.1 Å². The van der Waals surface area contributed by atoms with E-state index in [0.717, 1.165) is 30.6 Å². The fourth-order valence-electron chi connectivity index (χ4n) is 4.72. The molecule has 0 spiro atoms. The predicted octanol–water partition coefficient (Wildman–Crippen LogP) is 6.54. The zero-order valence-corrected chi connectivity index (χ0v) is 20.6. The molecule has 0 bridgehead atoms. The van der Waals surface area contributed by atoms with Crippen LogP contribution in [-0.2, 0) is 37.4 Å². The van der Waals surface area contributed by atoms with Crippen LogP contribution in [0.5, 0.6) is 0 Å². The number of aryl methyl sites for hydroxylation is 1. The number of nitrogens with zero attached hydrogens (tertiary/aromatic N) is 2. The minimum absolute atomic E-state index is 0.274. The maximum absolute atomic E-state index is 13.3. The number of carbonyl (C=O) groups excluding carboxylic acids is 1. The Hall–Kier alpha value is -3.15. The summed E-state index contributed by atoms with van der Waals surface area (Å²) >= 11 is 1.82. The van der Waals surface area contributed by atoms with Crippen LogP contribution in [0.1, 0.15) is 32.7 Å². The molecule has 0 fully saturated rings. The summed E-state index contributed by atoms with van der Waals surface area (Å²) in [6, 6.07) is 24.5. The number of thiophene rings is 1. The average Bonchev–Trinajstić information content (AvgIpc) is 3.08. The van der Waals surface area contributed by atoms with Crippen LogP contribution in [-0.4, -0.2) is 29.5 Å². The largest absolute Gasteiger partial charge is 0.445 e. The van der Waals surface area contributed by atoms with Crippen LogP contribution < -0.4 is 0 Å². The Morgan fingerprint density at radius 3 is 2.38 bits per heavy atom. The van der Waals surface area contributed by atoms with Crippen LogP contribution in [0, 0.1) is 6.92 Å². The fourth-order valence-corrected chi connectivity index (χ4v) is 5.98. The topological polar surface area (TPSA) is 32.8 Å². The molecule has 0 radical (unpaired) electrons. The number of hydrogen-bond donors (Lipinski definition) is 0. The SMILES string of the molecule is Cc1ccc2sc(CN(Cc3ccccc3)C(=O)OCc3ccccc3)c3c2c1CCN(C)C3. The lowest BCUT2D eigenvalue weighted by molar-refractivity contribution is 0.0913. The summed E-state index contributed by atoms with van der Waals surface area (Å²) in [4.78, 5) is 18.8. The van der Waals surface area contributed by atoms with E-state index in [1.54, 1.807) is 0 Å². The molecule has 0 unspecified atom stereocenters. The van der Waals surface area contributed by atoms with Crippen LogP contribution in [0.4, 0.5) is 4.79 Å². The second-order valence-corrected chi connectivity index (χ2v) is 10.2. The van der Waals surface area contributed by atoms with E-state index < -0.39 is 0 Å². The first-order valence-electron chi connectivity index (χ1n) is 11.8. The first-order chi connectivity index (χ1) is 16.6. The number of likely N-dealkylation sites (N-methyl/N-ethyl adjacent to an activating group) is 1. The van der Waals surface area contributed by atoms with Gasteiger partial charge in [0, 0.05) is 34.6 Å². The van der Waals surface area contributed by atoms with Gasteiger partial charge in [-0.15, -0.1) is 11.3 Å². The van der Waals surface area contributed by atoms with Gasteiger partial charge in [0.1, 0.15) is 6.61 Å². The average molecular weight is 471 g/mol. The summed E-state index contributed by atoms with van der Waals surface area (Å²) in [5, 5.41) is 1.40. The summed E-state index contributed by atoms with van der Waals surface area (Å²) in [5.41, 5.74) is 6.27. The lowest BCUT2D eigenvalue weighted by Crippen LogP contribution is -2.31. The number of rotatable bonds is 6. The van der Waals surface area contributed by atoms with Gasteiger partial charge in [-0.3, -0.25) is 4.90 Å². The molecule has 0 N–H and O–H groups in total. The maximum Gasteiger partial charge on any atom is 0.410 e. The highest BCUT2D eigenvalue weighted by atomic mass is 32.1. The van der Waals surface area contributed by atoms with Crippen LogP contribution >= 0.6 is 11.3 Å². The normalized spacial score (nSPS) is 13.6. The highest BCUT2D eigenvalue weighted by molar-refractivity contribution is 7.19. The zero-order valence-electron chi connectivity index (χ0n) is 19.8. The molecule has 5 heteroatoms. The van der Waals surface area contributed by atoms with Gasteiger partial charge in [-0.25, -0.2) is 4.79 Å². The fraction of sp³-hybridized carbons (Fsp3) is 0.276. The van der Waals surface area contributed by atoms with Gasteiger partial charge in [0.15, 0.2) is 0 Å². The number of hydrogen-bond acceptors (Lipinski definition) is 4. The van der Waals surface area contributed by atoms with Crippen LogP contribution in [0.3, 0.4) is 0 Å². The van der Waals surface area contributed by atoms with Crippen molar-refractivity contribution < 1.29 is 9.53 Å². The Labute approximate surface area is 205 Å². The Kier molecular flexibility index (Phi) is 6.66. The molecule has 1 aromatic heterocycles. The third-order valence-electron chi connectivity index (χ3n) is 6.57. The van der Waals surface area contributed by atoms with Gasteiger partial charge in [-0.1, -0.05) is 66.7 Å². The minimum Gasteiger partial charge on any atom is -0.445 e. The van der Waals surface area contributed by atoms with Crippen molar-refractivity contribution in [2.75, 3.05) is 13.6 Å². The molecular formula is C29H30N2O2S. The smallest absolute Gasteiger partial charge is 0.410 e. The van der Waals surface area contributed by atoms with Crippen molar-refractivity contribution in [1.29, 1.82) is 0 Å². The van der Waals surface area contributed by atoms with Crippen LogP contribution in [0.15, 0.2) is 72.8 Å². The van der Waals surface area contributed by atoms with E-state index in [2.05, 4.69) is 43.1 Å². The molecule has 5 rings (SSSR count). The van der Waals surface area contributed by atoms with Crippen molar-refractivity contribution in [3.63, 3.8) is 0 Å². The van der Waals surface area contributed by atoms with Crippen molar-refractivity contribution in [3.8, 4) is 0 Å². The molecule has 0 atom stereocenters. The van der Waals surface area contributed by atoms with Crippen molar-refractivity contribution in [2.45, 2.75) is 39.6 Å². The summed E-state index contributed by atoms with van der Waals surface area (Å²) in [7, 11) is 2.18. The number of benzene rings is 3. The zero-order chi connectivity index (χ0) is 23.5. The molecule has 1 aliphatic heterocycles. The lowest BCUT2D eigenvalue weighted by atomic mass is 9.99. The van der Waals surface area contributed by atoms with Crippen molar-refractivity contribution in [1.82, 2.24) is 9.80 Å². The van der Waals surface area contributed by atoms with Gasteiger partial charge in [-0.2, -0.15) is 0 Å². The van der Waals surface area contributed by atoms with Crippen molar-refractivity contribution in [3.05, 3.63) is 105 Å². The minimum atomic E-state index is -0.282. The van der Waals surface area contributed by atoms with E-state index in [9.17, 15) is 4.79 Å². The molecule has 34 heavy (non-hydrogen) atoms. The Morgan fingerprint density at radius 2 is 1.65 bits per heavy atom. The lowest BCUT2D eigenvalue weighted by Gasteiger charge is -2.23. The molecule has 0 aliphatic carbocycles. The molecule has 174 valence electrons. The van der Waals surface area contributed by atoms with Gasteiger partial charge in [0.05, 0.1) is 6.54 Å². The van der Waals surface area contributed by atoms with E-state index >= 15 is 0 Å². The second-order valence-electron chi connectivity index (χ2n) is 9.11. The van der Waals surface area contributed by atoms with Crippen molar-refractivity contribution >= 4 is 27.5 Å². The first kappa shape index (κ1) is 22.6. The van der Waals surface area contributed by atoms with E-state index in [1.165, 1.54) is 31.7 Å². The molecule has 3 aromatic carbocycles. The second kappa shape index (κ2) is 10.00. The van der Waals surface area contributed by atoms with Crippen LogP contribution in [0.2, 0.25) is 0 Å². The summed E-state index contributed by atoms with van der Waals surface area (Å²) in [5.74, 6) is 0. The van der Waals surface area contributed by atoms with Crippen LogP contribution in [0.25, 0.3) is 10.1 Å². The highest BCUT2D eigenvalue weighted by Gasteiger charge is 2.24. The molecule has 1 aliphatic rings. The molecular weight excluding hydrogens is 440 g/mol. The van der Waals surface area contributed by atoms with E-state index in [-0.39, 0.29) is 12.7 Å². The molecule has 0 saturated heterocycles. The standard InChI is InChI=1S/C29H30N2O2S/c1-21-13-14-26-28-24(21)15-16-30(2)18-25(28)27(34-26)19-31(17-22-9-5-3-6-10-22)29(32)33-20-23-11-7-4-8-12-23/h3-14H,15-20H2,1-2H3. The maximum atomic E-state index is 13.3. The van der Waals surface area contributed by atoms with Gasteiger partial charge in [0.25, 0.3) is 0 Å². The van der Waals surface area contributed by atoms with Gasteiger partial charge in [0.2, 0.25) is 0 Å². The van der Waals surface area contributed by atoms with Crippen molar-refractivity contribution in [2.24, 2.45) is 0 Å². The van der Waals surface area contributed by atoms with E-state index in [4.69, 9.17) is 4.74 Å². The summed E-state index contributed by atoms with van der Waals surface area (Å²) in [6.07, 6.45) is 0.783. The molecule has 4 aromatic rings. The monoisotopic (exact) mass is 470 g/mol. The van der Waals surface area contributed by atoms with Gasteiger partial charge in [-0.05, 0) is 54.3 Å². The Bertz CT molecular complexity index is 1280. The number of amides is 1. The Morgan fingerprint density at radius 1 is 0.941 bits per heavy atom. The molecule has 4 nitrogen and oxygen atoms in total. The highest BCUT2D eigenvalue weighted by Crippen LogP contribution is 2.38. The molecule has 1 amide bonds. The third-order valence-corrected chi connectivity index (χ3v) is 7.75. The molecule has 0 saturated carbocycles. The van der Waals surface area contributed by atoms with E-state index in [1.807, 2.05) is 64.8 Å². The quantitative estimate of drug-likeness (QED) is 0.321. The number of carbonyl (C=O) groups is 1. The van der Waals surface area contributed by atoms with Gasteiger partial charge < -0.3 is 9.64 Å². The molecule has 2 heterocycles.